The van der Waals surface area contributed by atoms with Crippen molar-refractivity contribution in [1.82, 2.24) is 9.55 Å². The van der Waals surface area contributed by atoms with Gasteiger partial charge in [-0.2, -0.15) is 0 Å². The maximum Gasteiger partial charge on any atom is 0.142 e. The second kappa shape index (κ2) is 7.10. The van der Waals surface area contributed by atoms with Crippen molar-refractivity contribution < 1.29 is 4.74 Å². The molecule has 0 amide bonds. The molecule has 0 atom stereocenters. The first-order valence-electron chi connectivity index (χ1n) is 9.81. The highest BCUT2D eigenvalue weighted by Gasteiger charge is 2.16. The average molecular weight is 378 g/mol. The molecule has 1 heterocycles. The Kier molecular flexibility index (Phi) is 4.28. The number of fused-ring (bicyclic) bond motifs is 2. The summed E-state index contributed by atoms with van der Waals surface area (Å²) in [5, 5.41) is 2.43. The Morgan fingerprint density at radius 3 is 2.48 bits per heavy atom. The van der Waals surface area contributed by atoms with E-state index in [1.807, 2.05) is 12.1 Å². The first-order chi connectivity index (χ1) is 14.2. The number of hydrogen-bond acceptors (Lipinski definition) is 2. The molecular weight excluding hydrogens is 356 g/mol. The van der Waals surface area contributed by atoms with Crippen molar-refractivity contribution in [3.05, 3.63) is 96.1 Å². The van der Waals surface area contributed by atoms with E-state index in [1.54, 1.807) is 7.11 Å². The molecule has 0 bridgehead atoms. The van der Waals surface area contributed by atoms with Gasteiger partial charge in [-0.05, 0) is 35.4 Å². The van der Waals surface area contributed by atoms with Crippen LogP contribution in [0.1, 0.15) is 11.1 Å². The normalized spacial score (nSPS) is 11.2. The van der Waals surface area contributed by atoms with Crippen LogP contribution in [0.25, 0.3) is 33.2 Å². The van der Waals surface area contributed by atoms with Gasteiger partial charge in [-0.1, -0.05) is 72.3 Å². The van der Waals surface area contributed by atoms with Crippen LogP contribution in [0.15, 0.2) is 84.9 Å². The van der Waals surface area contributed by atoms with Crippen molar-refractivity contribution in [1.29, 1.82) is 0 Å². The molecule has 0 unspecified atom stereocenters. The van der Waals surface area contributed by atoms with Crippen molar-refractivity contribution in [3.8, 4) is 17.1 Å². The van der Waals surface area contributed by atoms with Crippen LogP contribution in [-0.4, -0.2) is 16.7 Å². The standard InChI is InChI=1S/C26H22N2O/c1-18-10-12-19(13-11-18)17-28-25-15-14-21(29-2)16-24(25)27-26(28)23-9-5-7-20-6-3-4-8-22(20)23/h3-16H,17H2,1-2H3. The number of rotatable bonds is 4. The van der Waals surface area contributed by atoms with Gasteiger partial charge >= 0.3 is 0 Å². The molecule has 0 aliphatic rings. The van der Waals surface area contributed by atoms with Crippen molar-refractivity contribution in [2.75, 3.05) is 7.11 Å². The number of nitrogens with zero attached hydrogens (tertiary/aromatic N) is 2. The minimum atomic E-state index is 0.766. The van der Waals surface area contributed by atoms with Crippen LogP contribution in [0.4, 0.5) is 0 Å². The summed E-state index contributed by atoms with van der Waals surface area (Å²) in [6.45, 7) is 2.88. The topological polar surface area (TPSA) is 27.1 Å². The van der Waals surface area contributed by atoms with E-state index in [0.29, 0.717) is 0 Å². The molecule has 0 aliphatic heterocycles. The molecular formula is C26H22N2O. The summed E-state index contributed by atoms with van der Waals surface area (Å²) in [4.78, 5) is 5.04. The maximum absolute atomic E-state index is 5.43. The SMILES string of the molecule is COc1ccc2c(c1)nc(-c1cccc3ccccc13)n2Cc1ccc(C)cc1. The van der Waals surface area contributed by atoms with Gasteiger partial charge in [-0.25, -0.2) is 4.98 Å². The lowest BCUT2D eigenvalue weighted by atomic mass is 10.0. The van der Waals surface area contributed by atoms with Gasteiger partial charge in [0.25, 0.3) is 0 Å². The first-order valence-corrected chi connectivity index (χ1v) is 9.81. The van der Waals surface area contributed by atoms with Gasteiger partial charge in [-0.15, -0.1) is 0 Å². The van der Waals surface area contributed by atoms with Crippen LogP contribution in [-0.2, 0) is 6.54 Å². The predicted molar refractivity (Wildman–Crippen MR) is 120 cm³/mol. The summed E-state index contributed by atoms with van der Waals surface area (Å²) in [5.41, 5.74) is 5.72. The molecule has 0 saturated heterocycles. The Bertz CT molecular complexity index is 1310. The summed E-state index contributed by atoms with van der Waals surface area (Å²) in [6, 6.07) is 29.7. The van der Waals surface area contributed by atoms with Crippen LogP contribution in [0.2, 0.25) is 0 Å². The Labute approximate surface area is 170 Å². The van der Waals surface area contributed by atoms with E-state index in [2.05, 4.69) is 84.3 Å². The minimum Gasteiger partial charge on any atom is -0.497 e. The van der Waals surface area contributed by atoms with Gasteiger partial charge in [0.1, 0.15) is 11.6 Å². The molecule has 3 nitrogen and oxygen atoms in total. The molecule has 0 saturated carbocycles. The molecule has 29 heavy (non-hydrogen) atoms. The first kappa shape index (κ1) is 17.5. The van der Waals surface area contributed by atoms with E-state index < -0.39 is 0 Å². The summed E-state index contributed by atoms with van der Waals surface area (Å²) in [7, 11) is 1.69. The fourth-order valence-electron chi connectivity index (χ4n) is 3.90. The van der Waals surface area contributed by atoms with Crippen LogP contribution >= 0.6 is 0 Å². The molecule has 0 radical (unpaired) electrons. The summed E-state index contributed by atoms with van der Waals surface area (Å²) in [6.07, 6.45) is 0. The largest absolute Gasteiger partial charge is 0.497 e. The fourth-order valence-corrected chi connectivity index (χ4v) is 3.90. The molecule has 142 valence electrons. The lowest BCUT2D eigenvalue weighted by Gasteiger charge is -2.12. The van der Waals surface area contributed by atoms with E-state index >= 15 is 0 Å². The molecule has 0 N–H and O–H groups in total. The number of imidazole rings is 1. The van der Waals surface area contributed by atoms with Crippen LogP contribution in [0.3, 0.4) is 0 Å². The second-order valence-electron chi connectivity index (χ2n) is 7.39. The molecule has 5 rings (SSSR count). The highest BCUT2D eigenvalue weighted by molar-refractivity contribution is 5.97. The van der Waals surface area contributed by atoms with E-state index in [0.717, 1.165) is 34.7 Å². The van der Waals surface area contributed by atoms with Gasteiger partial charge in [0.05, 0.1) is 18.1 Å². The number of aromatic nitrogens is 2. The Balaban J connectivity index is 1.76. The summed E-state index contributed by atoms with van der Waals surface area (Å²) >= 11 is 0. The lowest BCUT2D eigenvalue weighted by Crippen LogP contribution is -2.02. The number of benzene rings is 4. The zero-order valence-electron chi connectivity index (χ0n) is 16.6. The van der Waals surface area contributed by atoms with E-state index in [9.17, 15) is 0 Å². The fraction of sp³-hybridized carbons (Fsp3) is 0.115. The quantitative estimate of drug-likeness (QED) is 0.371. The Morgan fingerprint density at radius 1 is 0.862 bits per heavy atom. The molecule has 4 aromatic carbocycles. The smallest absolute Gasteiger partial charge is 0.142 e. The third-order valence-electron chi connectivity index (χ3n) is 5.45. The van der Waals surface area contributed by atoms with Gasteiger partial charge in [0, 0.05) is 18.2 Å². The molecule has 0 spiro atoms. The van der Waals surface area contributed by atoms with Crippen LogP contribution in [0.5, 0.6) is 5.75 Å². The third-order valence-corrected chi connectivity index (χ3v) is 5.45. The molecule has 3 heteroatoms. The van der Waals surface area contributed by atoms with Crippen LogP contribution < -0.4 is 4.74 Å². The molecule has 0 aliphatic carbocycles. The number of methoxy groups -OCH3 is 1. The van der Waals surface area contributed by atoms with Gasteiger partial charge < -0.3 is 9.30 Å². The molecule has 1 aromatic heterocycles. The van der Waals surface area contributed by atoms with E-state index in [1.165, 1.54) is 21.9 Å². The Morgan fingerprint density at radius 2 is 1.66 bits per heavy atom. The highest BCUT2D eigenvalue weighted by atomic mass is 16.5. The second-order valence-corrected chi connectivity index (χ2v) is 7.39. The van der Waals surface area contributed by atoms with Gasteiger partial charge in [-0.3, -0.25) is 0 Å². The van der Waals surface area contributed by atoms with Gasteiger partial charge in [0.2, 0.25) is 0 Å². The monoisotopic (exact) mass is 378 g/mol. The number of ether oxygens (including phenoxy) is 1. The predicted octanol–water partition coefficient (Wildman–Crippen LogP) is 6.22. The highest BCUT2D eigenvalue weighted by Crippen LogP contribution is 2.32. The average Bonchev–Trinajstić information content (AvgIpc) is 3.12. The maximum atomic E-state index is 5.43. The van der Waals surface area contributed by atoms with Crippen molar-refractivity contribution in [2.24, 2.45) is 0 Å². The number of hydrogen-bond donors (Lipinski definition) is 0. The van der Waals surface area contributed by atoms with Crippen molar-refractivity contribution >= 4 is 21.8 Å². The summed E-state index contributed by atoms with van der Waals surface area (Å²) < 4.78 is 7.74. The Hall–Kier alpha value is -3.59. The van der Waals surface area contributed by atoms with Crippen molar-refractivity contribution in [3.63, 3.8) is 0 Å². The van der Waals surface area contributed by atoms with Crippen LogP contribution in [0, 0.1) is 6.92 Å². The van der Waals surface area contributed by atoms with E-state index in [4.69, 9.17) is 9.72 Å². The lowest BCUT2D eigenvalue weighted by molar-refractivity contribution is 0.415. The summed E-state index contributed by atoms with van der Waals surface area (Å²) in [5.74, 6) is 1.80. The molecule has 5 aromatic rings. The number of aryl methyl sites for hydroxylation is 1. The third kappa shape index (κ3) is 3.15. The van der Waals surface area contributed by atoms with E-state index in [-0.39, 0.29) is 0 Å². The van der Waals surface area contributed by atoms with Gasteiger partial charge in [0.15, 0.2) is 0 Å². The zero-order valence-corrected chi connectivity index (χ0v) is 16.6. The molecule has 0 fully saturated rings. The zero-order chi connectivity index (χ0) is 19.8. The minimum absolute atomic E-state index is 0.766. The van der Waals surface area contributed by atoms with Crippen molar-refractivity contribution in [2.45, 2.75) is 13.5 Å².